The number of amides is 1. The van der Waals surface area contributed by atoms with Gasteiger partial charge in [-0.05, 0) is 18.2 Å². The van der Waals surface area contributed by atoms with Gasteiger partial charge in [-0.3, -0.25) is 9.48 Å². The predicted octanol–water partition coefficient (Wildman–Crippen LogP) is 1.37. The van der Waals surface area contributed by atoms with Crippen LogP contribution in [0.5, 0.6) is 0 Å². The highest BCUT2D eigenvalue weighted by molar-refractivity contribution is 8.13. The molecule has 1 aliphatic rings. The summed E-state index contributed by atoms with van der Waals surface area (Å²) in [6, 6.07) is 4.21. The lowest BCUT2D eigenvalue weighted by Gasteiger charge is -2.29. The quantitative estimate of drug-likeness (QED) is 0.853. The zero-order chi connectivity index (χ0) is 15.9. The van der Waals surface area contributed by atoms with E-state index in [4.69, 9.17) is 10.7 Å². The van der Waals surface area contributed by atoms with Gasteiger partial charge in [-0.15, -0.1) is 0 Å². The van der Waals surface area contributed by atoms with E-state index in [0.29, 0.717) is 18.9 Å². The number of rotatable bonds is 3. The maximum Gasteiger partial charge on any atom is 0.261 e. The second-order valence-corrected chi connectivity index (χ2v) is 7.57. The molecule has 1 aromatic carbocycles. The maximum absolute atomic E-state index is 12.5. The topological polar surface area (TPSA) is 84.3 Å². The molecule has 0 unspecified atom stereocenters. The third kappa shape index (κ3) is 2.79. The SMILES string of the molecule is Cn1cc(CN2CNc3ccc(S(=O)(=O)Cl)cc3C2=O)cn1. The molecule has 0 fully saturated rings. The summed E-state index contributed by atoms with van der Waals surface area (Å²) in [6.45, 7) is 0.727. The van der Waals surface area contributed by atoms with E-state index in [9.17, 15) is 13.2 Å². The Morgan fingerprint density at radius 2 is 2.18 bits per heavy atom. The summed E-state index contributed by atoms with van der Waals surface area (Å²) in [4.78, 5) is 14.0. The number of hydrogen-bond acceptors (Lipinski definition) is 5. The largest absolute Gasteiger partial charge is 0.367 e. The minimum atomic E-state index is -3.87. The number of aromatic nitrogens is 2. The number of carbonyl (C=O) groups is 1. The summed E-state index contributed by atoms with van der Waals surface area (Å²) >= 11 is 0. The first kappa shape index (κ1) is 14.9. The maximum atomic E-state index is 12.5. The molecule has 116 valence electrons. The number of aryl methyl sites for hydroxylation is 1. The van der Waals surface area contributed by atoms with Gasteiger partial charge in [0.05, 0.1) is 29.9 Å². The fourth-order valence-corrected chi connectivity index (χ4v) is 3.11. The van der Waals surface area contributed by atoms with Crippen LogP contribution in [-0.4, -0.2) is 35.7 Å². The first-order valence-corrected chi connectivity index (χ1v) is 8.75. The van der Waals surface area contributed by atoms with Crippen molar-refractivity contribution in [2.75, 3.05) is 12.0 Å². The summed E-state index contributed by atoms with van der Waals surface area (Å²) in [5.41, 5.74) is 1.77. The van der Waals surface area contributed by atoms with E-state index in [1.807, 2.05) is 6.20 Å². The van der Waals surface area contributed by atoms with E-state index in [0.717, 1.165) is 5.56 Å². The second-order valence-electron chi connectivity index (χ2n) is 5.01. The van der Waals surface area contributed by atoms with Crippen molar-refractivity contribution in [1.82, 2.24) is 14.7 Å². The van der Waals surface area contributed by atoms with Crippen molar-refractivity contribution < 1.29 is 13.2 Å². The summed E-state index contributed by atoms with van der Waals surface area (Å²) in [5, 5.41) is 7.15. The molecule has 0 saturated heterocycles. The molecule has 1 amide bonds. The Bertz CT molecular complexity index is 847. The van der Waals surface area contributed by atoms with Crippen molar-refractivity contribution in [1.29, 1.82) is 0 Å². The van der Waals surface area contributed by atoms with Crippen LogP contribution in [0.2, 0.25) is 0 Å². The first-order chi connectivity index (χ1) is 10.3. The van der Waals surface area contributed by atoms with Crippen molar-refractivity contribution >= 4 is 31.3 Å². The van der Waals surface area contributed by atoms with Gasteiger partial charge < -0.3 is 10.2 Å². The Kier molecular flexibility index (Phi) is 3.57. The molecule has 1 aromatic heterocycles. The van der Waals surface area contributed by atoms with Gasteiger partial charge in [0.15, 0.2) is 0 Å². The molecular formula is C13H13ClN4O3S. The van der Waals surface area contributed by atoms with Crippen LogP contribution in [0.1, 0.15) is 15.9 Å². The highest BCUT2D eigenvalue weighted by atomic mass is 35.7. The van der Waals surface area contributed by atoms with Gasteiger partial charge >= 0.3 is 0 Å². The molecule has 22 heavy (non-hydrogen) atoms. The zero-order valence-electron chi connectivity index (χ0n) is 11.7. The third-order valence-electron chi connectivity index (χ3n) is 3.38. The van der Waals surface area contributed by atoms with Crippen LogP contribution in [0.15, 0.2) is 35.5 Å². The van der Waals surface area contributed by atoms with E-state index in [1.165, 1.54) is 12.1 Å². The Morgan fingerprint density at radius 3 is 2.82 bits per heavy atom. The average molecular weight is 341 g/mol. The lowest BCUT2D eigenvalue weighted by molar-refractivity contribution is 0.0746. The van der Waals surface area contributed by atoms with Crippen molar-refractivity contribution in [2.24, 2.45) is 7.05 Å². The molecule has 1 aliphatic heterocycles. The Morgan fingerprint density at radius 1 is 1.41 bits per heavy atom. The van der Waals surface area contributed by atoms with Gasteiger partial charge in [-0.2, -0.15) is 5.10 Å². The molecule has 3 rings (SSSR count). The molecule has 0 spiro atoms. The Labute approximate surface area is 131 Å². The standard InChI is InChI=1S/C13H13ClN4O3S/c1-17-6-9(5-16-17)7-18-8-15-12-3-2-10(22(14,20)21)4-11(12)13(18)19/h2-6,15H,7-8H2,1H3. The first-order valence-electron chi connectivity index (χ1n) is 6.44. The van der Waals surface area contributed by atoms with Crippen molar-refractivity contribution in [3.8, 4) is 0 Å². The molecule has 2 heterocycles. The second kappa shape index (κ2) is 5.29. The Hall–Kier alpha value is -2.06. The molecule has 0 bridgehead atoms. The van der Waals surface area contributed by atoms with E-state index in [2.05, 4.69) is 10.4 Å². The van der Waals surface area contributed by atoms with Crippen LogP contribution in [0.4, 0.5) is 5.69 Å². The number of halogens is 1. The van der Waals surface area contributed by atoms with Crippen LogP contribution in [-0.2, 0) is 22.6 Å². The number of hydrogen-bond donors (Lipinski definition) is 1. The number of fused-ring (bicyclic) bond motifs is 1. The molecule has 0 saturated carbocycles. The summed E-state index contributed by atoms with van der Waals surface area (Å²) in [5.74, 6) is -0.250. The van der Waals surface area contributed by atoms with Crippen LogP contribution in [0, 0.1) is 0 Å². The van der Waals surface area contributed by atoms with Crippen molar-refractivity contribution in [2.45, 2.75) is 11.4 Å². The van der Waals surface area contributed by atoms with Gasteiger partial charge in [0.25, 0.3) is 15.0 Å². The fraction of sp³-hybridized carbons (Fsp3) is 0.231. The highest BCUT2D eigenvalue weighted by Crippen LogP contribution is 2.27. The smallest absolute Gasteiger partial charge is 0.261 e. The number of nitrogens with one attached hydrogen (secondary N) is 1. The van der Waals surface area contributed by atoms with Gasteiger partial charge in [-0.1, -0.05) is 0 Å². The number of anilines is 1. The van der Waals surface area contributed by atoms with Gasteiger partial charge in [0.2, 0.25) is 0 Å². The van der Waals surface area contributed by atoms with Crippen LogP contribution < -0.4 is 5.32 Å². The monoisotopic (exact) mass is 340 g/mol. The predicted molar refractivity (Wildman–Crippen MR) is 81.1 cm³/mol. The third-order valence-corrected chi connectivity index (χ3v) is 4.73. The van der Waals surface area contributed by atoms with Gasteiger partial charge in [-0.25, -0.2) is 8.42 Å². The minimum absolute atomic E-state index is 0.0914. The molecule has 0 aliphatic carbocycles. The number of benzene rings is 1. The molecule has 0 atom stereocenters. The molecule has 2 aromatic rings. The molecule has 1 N–H and O–H groups in total. The Balaban J connectivity index is 1.90. The van der Waals surface area contributed by atoms with E-state index in [1.54, 1.807) is 28.9 Å². The van der Waals surface area contributed by atoms with Crippen molar-refractivity contribution in [3.63, 3.8) is 0 Å². The zero-order valence-corrected chi connectivity index (χ0v) is 13.2. The van der Waals surface area contributed by atoms with Gasteiger partial charge in [0.1, 0.15) is 0 Å². The molecular weight excluding hydrogens is 328 g/mol. The molecule has 7 nitrogen and oxygen atoms in total. The molecule has 9 heteroatoms. The lowest BCUT2D eigenvalue weighted by Crippen LogP contribution is -2.39. The van der Waals surface area contributed by atoms with E-state index < -0.39 is 9.05 Å². The van der Waals surface area contributed by atoms with Crippen molar-refractivity contribution in [3.05, 3.63) is 41.7 Å². The highest BCUT2D eigenvalue weighted by Gasteiger charge is 2.26. The van der Waals surface area contributed by atoms with Crippen LogP contribution in [0.3, 0.4) is 0 Å². The van der Waals surface area contributed by atoms with E-state index in [-0.39, 0.29) is 16.4 Å². The molecule has 0 radical (unpaired) electrons. The fourth-order valence-electron chi connectivity index (χ4n) is 2.33. The number of nitrogens with zero attached hydrogens (tertiary/aromatic N) is 3. The van der Waals surface area contributed by atoms with Gasteiger partial charge in [0, 0.05) is 35.2 Å². The normalized spacial score (nSPS) is 14.6. The average Bonchev–Trinajstić information content (AvgIpc) is 2.86. The number of carbonyl (C=O) groups excluding carboxylic acids is 1. The minimum Gasteiger partial charge on any atom is -0.367 e. The van der Waals surface area contributed by atoms with E-state index >= 15 is 0 Å². The summed E-state index contributed by atoms with van der Waals surface area (Å²) in [7, 11) is 3.26. The summed E-state index contributed by atoms with van der Waals surface area (Å²) < 4.78 is 24.5. The van der Waals surface area contributed by atoms with Crippen LogP contribution >= 0.6 is 10.7 Å². The summed E-state index contributed by atoms with van der Waals surface area (Å²) in [6.07, 6.45) is 3.50. The van der Waals surface area contributed by atoms with Crippen LogP contribution in [0.25, 0.3) is 0 Å². The lowest BCUT2D eigenvalue weighted by atomic mass is 10.1.